The van der Waals surface area contributed by atoms with Crippen molar-refractivity contribution in [3.05, 3.63) is 27.8 Å². The number of nitrogens with one attached hydrogen (secondary N) is 1. The van der Waals surface area contributed by atoms with Crippen molar-refractivity contribution in [1.82, 2.24) is 5.32 Å². The van der Waals surface area contributed by atoms with Crippen LogP contribution in [-0.4, -0.2) is 31.4 Å². The maximum atomic E-state index is 8.53. The van der Waals surface area contributed by atoms with Crippen LogP contribution in [0.1, 0.15) is 6.42 Å². The summed E-state index contributed by atoms with van der Waals surface area (Å²) < 4.78 is 6.75. The molecule has 15 heavy (non-hydrogen) atoms. The van der Waals surface area contributed by atoms with Crippen LogP contribution in [0, 0.1) is 3.57 Å². The van der Waals surface area contributed by atoms with Crippen LogP contribution in [0.5, 0.6) is 5.75 Å². The minimum Gasteiger partial charge on any atom is -0.494 e. The zero-order valence-corrected chi connectivity index (χ0v) is 10.7. The molecule has 0 saturated heterocycles. The van der Waals surface area contributed by atoms with Crippen molar-refractivity contribution < 1.29 is 9.84 Å². The van der Waals surface area contributed by atoms with E-state index in [1.54, 1.807) is 0 Å². The third-order valence-electron chi connectivity index (χ3n) is 1.87. The highest BCUT2D eigenvalue weighted by Crippen LogP contribution is 2.13. The van der Waals surface area contributed by atoms with Gasteiger partial charge < -0.3 is 15.2 Å². The third-order valence-corrected chi connectivity index (χ3v) is 2.59. The number of aliphatic hydroxyl groups is 1. The van der Waals surface area contributed by atoms with E-state index in [-0.39, 0.29) is 6.61 Å². The van der Waals surface area contributed by atoms with Gasteiger partial charge in [-0.1, -0.05) is 0 Å². The predicted octanol–water partition coefficient (Wildman–Crippen LogP) is 1.64. The van der Waals surface area contributed by atoms with E-state index >= 15 is 0 Å². The number of benzene rings is 1. The third kappa shape index (κ3) is 5.96. The van der Waals surface area contributed by atoms with E-state index in [1.165, 1.54) is 3.57 Å². The Morgan fingerprint density at radius 2 is 1.93 bits per heavy atom. The lowest BCUT2D eigenvalue weighted by atomic mass is 10.3. The van der Waals surface area contributed by atoms with Crippen molar-refractivity contribution in [2.45, 2.75) is 6.42 Å². The fraction of sp³-hybridized carbons (Fsp3) is 0.455. The Labute approximate surface area is 104 Å². The Balaban J connectivity index is 2.07. The average molecular weight is 321 g/mol. The maximum Gasteiger partial charge on any atom is 0.119 e. The van der Waals surface area contributed by atoms with E-state index in [4.69, 9.17) is 9.84 Å². The van der Waals surface area contributed by atoms with Gasteiger partial charge in [0.2, 0.25) is 0 Å². The summed E-state index contributed by atoms with van der Waals surface area (Å²) in [6.07, 6.45) is 0.950. The number of ether oxygens (including phenoxy) is 1. The summed E-state index contributed by atoms with van der Waals surface area (Å²) in [5, 5.41) is 11.6. The number of rotatable bonds is 7. The van der Waals surface area contributed by atoms with Gasteiger partial charge in [0.15, 0.2) is 0 Å². The smallest absolute Gasteiger partial charge is 0.119 e. The average Bonchev–Trinajstić information content (AvgIpc) is 2.26. The molecule has 2 N–H and O–H groups in total. The second kappa shape index (κ2) is 7.90. The molecule has 1 rings (SSSR count). The standard InChI is InChI=1S/C11H16INO2/c12-10-2-4-11(5-3-10)15-9-1-6-13-7-8-14/h2-5,13-14H,1,6-9H2. The van der Waals surface area contributed by atoms with Gasteiger partial charge in [-0.2, -0.15) is 0 Å². The molecule has 0 radical (unpaired) electrons. The summed E-state index contributed by atoms with van der Waals surface area (Å²) in [4.78, 5) is 0. The van der Waals surface area contributed by atoms with Gasteiger partial charge in [0.1, 0.15) is 5.75 Å². The molecule has 0 spiro atoms. The molecule has 84 valence electrons. The molecule has 3 nitrogen and oxygen atoms in total. The Morgan fingerprint density at radius 3 is 2.60 bits per heavy atom. The van der Waals surface area contributed by atoms with Crippen LogP contribution in [0.15, 0.2) is 24.3 Å². The molecule has 0 bridgehead atoms. The van der Waals surface area contributed by atoms with Crippen LogP contribution >= 0.6 is 22.6 Å². The highest BCUT2D eigenvalue weighted by molar-refractivity contribution is 14.1. The molecule has 1 aromatic carbocycles. The van der Waals surface area contributed by atoms with Gasteiger partial charge in [-0.05, 0) is 59.8 Å². The Hall–Kier alpha value is -0.330. The van der Waals surface area contributed by atoms with Crippen molar-refractivity contribution in [2.75, 3.05) is 26.3 Å². The van der Waals surface area contributed by atoms with E-state index in [0.717, 1.165) is 18.7 Å². The van der Waals surface area contributed by atoms with E-state index in [1.807, 2.05) is 24.3 Å². The lowest BCUT2D eigenvalue weighted by Crippen LogP contribution is -2.20. The first-order valence-electron chi connectivity index (χ1n) is 5.03. The van der Waals surface area contributed by atoms with Gasteiger partial charge in [0, 0.05) is 10.1 Å². The molecule has 0 unspecified atom stereocenters. The van der Waals surface area contributed by atoms with E-state index in [9.17, 15) is 0 Å². The lowest BCUT2D eigenvalue weighted by Gasteiger charge is -2.06. The normalized spacial score (nSPS) is 10.3. The molecule has 0 aliphatic rings. The zero-order chi connectivity index (χ0) is 10.9. The van der Waals surface area contributed by atoms with Crippen LogP contribution in [0.2, 0.25) is 0 Å². The number of hydrogen-bond donors (Lipinski definition) is 2. The molecule has 0 aliphatic carbocycles. The maximum absolute atomic E-state index is 8.53. The molecule has 4 heteroatoms. The molecule has 0 aliphatic heterocycles. The van der Waals surface area contributed by atoms with Gasteiger partial charge in [0.25, 0.3) is 0 Å². The Bertz CT molecular complexity index is 264. The van der Waals surface area contributed by atoms with Crippen LogP contribution in [0.3, 0.4) is 0 Å². The summed E-state index contributed by atoms with van der Waals surface area (Å²) in [6.45, 7) is 2.44. The first-order valence-corrected chi connectivity index (χ1v) is 6.11. The highest BCUT2D eigenvalue weighted by Gasteiger charge is 1.93. The van der Waals surface area contributed by atoms with E-state index in [2.05, 4.69) is 27.9 Å². The summed E-state index contributed by atoms with van der Waals surface area (Å²) >= 11 is 2.27. The summed E-state index contributed by atoms with van der Waals surface area (Å²) in [7, 11) is 0. The van der Waals surface area contributed by atoms with Gasteiger partial charge in [-0.3, -0.25) is 0 Å². The first-order chi connectivity index (χ1) is 7.33. The first kappa shape index (κ1) is 12.7. The lowest BCUT2D eigenvalue weighted by molar-refractivity contribution is 0.282. The van der Waals surface area contributed by atoms with Gasteiger partial charge in [-0.25, -0.2) is 0 Å². The topological polar surface area (TPSA) is 41.5 Å². The predicted molar refractivity (Wildman–Crippen MR) is 69.2 cm³/mol. The van der Waals surface area contributed by atoms with E-state index in [0.29, 0.717) is 13.2 Å². The summed E-state index contributed by atoms with van der Waals surface area (Å²) in [5.74, 6) is 0.914. The van der Waals surface area contributed by atoms with Gasteiger partial charge in [-0.15, -0.1) is 0 Å². The second-order valence-electron chi connectivity index (χ2n) is 3.13. The van der Waals surface area contributed by atoms with Crippen LogP contribution in [-0.2, 0) is 0 Å². The molecular formula is C11H16INO2. The fourth-order valence-electron chi connectivity index (χ4n) is 1.12. The fourth-order valence-corrected chi connectivity index (χ4v) is 1.48. The van der Waals surface area contributed by atoms with Crippen molar-refractivity contribution in [1.29, 1.82) is 0 Å². The Kier molecular flexibility index (Phi) is 6.71. The van der Waals surface area contributed by atoms with Crippen molar-refractivity contribution in [2.24, 2.45) is 0 Å². The molecule has 0 heterocycles. The molecule has 0 atom stereocenters. The SMILES string of the molecule is OCCNCCCOc1ccc(I)cc1. The minimum absolute atomic E-state index is 0.192. The summed E-state index contributed by atoms with van der Waals surface area (Å²) in [5.41, 5.74) is 0. The van der Waals surface area contributed by atoms with Crippen LogP contribution in [0.25, 0.3) is 0 Å². The Morgan fingerprint density at radius 1 is 1.20 bits per heavy atom. The molecular weight excluding hydrogens is 305 g/mol. The summed E-state index contributed by atoms with van der Waals surface area (Å²) in [6, 6.07) is 8.01. The van der Waals surface area contributed by atoms with Crippen LogP contribution in [0.4, 0.5) is 0 Å². The monoisotopic (exact) mass is 321 g/mol. The van der Waals surface area contributed by atoms with Crippen molar-refractivity contribution in [3.8, 4) is 5.75 Å². The zero-order valence-electron chi connectivity index (χ0n) is 8.58. The molecule has 0 saturated carbocycles. The molecule has 0 fully saturated rings. The number of hydrogen-bond acceptors (Lipinski definition) is 3. The largest absolute Gasteiger partial charge is 0.494 e. The number of aliphatic hydroxyl groups excluding tert-OH is 1. The number of halogens is 1. The second-order valence-corrected chi connectivity index (χ2v) is 4.38. The minimum atomic E-state index is 0.192. The van der Waals surface area contributed by atoms with E-state index < -0.39 is 0 Å². The molecule has 0 aromatic heterocycles. The van der Waals surface area contributed by atoms with Gasteiger partial charge >= 0.3 is 0 Å². The van der Waals surface area contributed by atoms with Crippen molar-refractivity contribution >= 4 is 22.6 Å². The molecule has 0 amide bonds. The highest BCUT2D eigenvalue weighted by atomic mass is 127. The quantitative estimate of drug-likeness (QED) is 0.593. The van der Waals surface area contributed by atoms with Crippen LogP contribution < -0.4 is 10.1 Å². The van der Waals surface area contributed by atoms with Gasteiger partial charge in [0.05, 0.1) is 13.2 Å². The molecule has 1 aromatic rings. The van der Waals surface area contributed by atoms with Crippen molar-refractivity contribution in [3.63, 3.8) is 0 Å².